The average Bonchev–Trinajstić information content (AvgIpc) is 1.35. The van der Waals surface area contributed by atoms with Gasteiger partial charge in [-0.3, -0.25) is 0 Å². The fourth-order valence-corrected chi connectivity index (χ4v) is 1.36. The van der Waals surface area contributed by atoms with Crippen molar-refractivity contribution in [2.45, 2.75) is 13.8 Å². The van der Waals surface area contributed by atoms with Gasteiger partial charge >= 0.3 is 54.0 Å². The first-order valence-electron chi connectivity index (χ1n) is 2.06. The molecule has 0 spiro atoms. The fourth-order valence-electron chi connectivity index (χ4n) is 0.167. The summed E-state index contributed by atoms with van der Waals surface area (Å²) in [7, 11) is 0. The maximum absolute atomic E-state index is 4.94. The van der Waals surface area contributed by atoms with Crippen LogP contribution in [0.3, 0.4) is 0 Å². The van der Waals surface area contributed by atoms with E-state index in [2.05, 4.69) is 13.8 Å². The Morgan fingerprint density at radius 3 is 1.75 bits per heavy atom. The first kappa shape index (κ1) is 16.2. The first-order chi connectivity index (χ1) is 2.77. The molecule has 0 aromatic carbocycles. The number of hydrogen-bond donors (Lipinski definition) is 0. The molecule has 0 saturated heterocycles. The molecule has 0 rings (SSSR count). The van der Waals surface area contributed by atoms with Crippen LogP contribution in [-0.2, 0) is 27.7 Å². The summed E-state index contributed by atoms with van der Waals surface area (Å²) >= 11 is 0.887. The molecule has 0 N–H and O–H groups in total. The van der Waals surface area contributed by atoms with Gasteiger partial charge in [0.25, 0.3) is 0 Å². The SMILES string of the molecule is CC(C)C[O][Hf].Cl.Cl. The van der Waals surface area contributed by atoms with Gasteiger partial charge in [0.1, 0.15) is 0 Å². The molecule has 0 heterocycles. The first-order valence-corrected chi connectivity index (χ1v) is 3.52. The van der Waals surface area contributed by atoms with E-state index in [0.717, 1.165) is 31.4 Å². The summed E-state index contributed by atoms with van der Waals surface area (Å²) < 4.78 is 4.94. The summed E-state index contributed by atoms with van der Waals surface area (Å²) in [6.45, 7) is 5.24. The van der Waals surface area contributed by atoms with Gasteiger partial charge in [-0.1, -0.05) is 0 Å². The average molecular weight is 325 g/mol. The molecule has 0 aromatic rings. The summed E-state index contributed by atoms with van der Waals surface area (Å²) in [5, 5.41) is 0. The Morgan fingerprint density at radius 1 is 1.38 bits per heavy atom. The minimum absolute atomic E-state index is 0. The van der Waals surface area contributed by atoms with Crippen LogP contribution in [0, 0.1) is 5.92 Å². The molecule has 4 heteroatoms. The molecule has 0 aliphatic rings. The predicted octanol–water partition coefficient (Wildman–Crippen LogP) is 1.96. The van der Waals surface area contributed by atoms with E-state index < -0.39 is 0 Å². The second-order valence-electron chi connectivity index (χ2n) is 1.70. The minimum atomic E-state index is 0. The molecule has 0 fully saturated rings. The van der Waals surface area contributed by atoms with E-state index in [9.17, 15) is 0 Å². The van der Waals surface area contributed by atoms with E-state index in [1.807, 2.05) is 0 Å². The molecule has 0 bridgehead atoms. The van der Waals surface area contributed by atoms with E-state index in [1.165, 1.54) is 0 Å². The van der Waals surface area contributed by atoms with Crippen molar-refractivity contribution in [3.63, 3.8) is 0 Å². The maximum Gasteiger partial charge on any atom is -0.147 e. The van der Waals surface area contributed by atoms with Crippen molar-refractivity contribution in [3.05, 3.63) is 0 Å². The molecule has 51 valence electrons. The van der Waals surface area contributed by atoms with Gasteiger partial charge in [0.15, 0.2) is 0 Å². The molecule has 0 aromatic heterocycles. The van der Waals surface area contributed by atoms with Gasteiger partial charge in [0.05, 0.1) is 0 Å². The zero-order valence-corrected chi connectivity index (χ0v) is 10.2. The third-order valence-corrected chi connectivity index (χ3v) is 1.02. The monoisotopic (exact) mass is 325 g/mol. The van der Waals surface area contributed by atoms with Gasteiger partial charge in [-0.2, -0.15) is 0 Å². The number of halogens is 2. The van der Waals surface area contributed by atoms with Crippen LogP contribution in [0.15, 0.2) is 0 Å². The summed E-state index contributed by atoms with van der Waals surface area (Å²) in [5.41, 5.74) is 0. The predicted molar refractivity (Wildman–Crippen MR) is 35.3 cm³/mol. The van der Waals surface area contributed by atoms with Crippen LogP contribution in [0.1, 0.15) is 13.8 Å². The second kappa shape index (κ2) is 11.2. The van der Waals surface area contributed by atoms with Gasteiger partial charge in [-0.25, -0.2) is 0 Å². The standard InChI is InChI=1S/C4H9O.2ClH.Hf/c1-4(2)3-5;;;/h4H,3H2,1-2H3;2*1H;/q-1;;;+1. The van der Waals surface area contributed by atoms with Crippen LogP contribution in [-0.4, -0.2) is 6.61 Å². The van der Waals surface area contributed by atoms with Crippen molar-refractivity contribution in [1.29, 1.82) is 0 Å². The van der Waals surface area contributed by atoms with E-state index in [1.54, 1.807) is 0 Å². The third-order valence-electron chi connectivity index (χ3n) is 0.417. The normalized spacial score (nSPS) is 7.25. The summed E-state index contributed by atoms with van der Waals surface area (Å²) in [5.74, 6) is 0.711. The van der Waals surface area contributed by atoms with Crippen LogP contribution >= 0.6 is 24.8 Å². The zero-order chi connectivity index (χ0) is 4.99. The fraction of sp³-hybridized carbons (Fsp3) is 1.00. The van der Waals surface area contributed by atoms with Crippen molar-refractivity contribution >= 4 is 24.8 Å². The van der Waals surface area contributed by atoms with E-state index in [-0.39, 0.29) is 24.8 Å². The molecule has 0 amide bonds. The van der Waals surface area contributed by atoms with Crippen molar-refractivity contribution in [1.82, 2.24) is 0 Å². The van der Waals surface area contributed by atoms with Crippen molar-refractivity contribution in [2.75, 3.05) is 6.61 Å². The molecular weight excluding hydrogens is 313 g/mol. The minimum Gasteiger partial charge on any atom is -0.147 e. The third kappa shape index (κ3) is 15.7. The van der Waals surface area contributed by atoms with Gasteiger partial charge in [0, 0.05) is 0 Å². The zero-order valence-electron chi connectivity index (χ0n) is 5.01. The van der Waals surface area contributed by atoms with Gasteiger partial charge in [0.2, 0.25) is 0 Å². The van der Waals surface area contributed by atoms with Crippen molar-refractivity contribution in [2.24, 2.45) is 5.92 Å². The Balaban J connectivity index is -0.000000125. The molecule has 0 aliphatic carbocycles. The van der Waals surface area contributed by atoms with Crippen LogP contribution in [0.25, 0.3) is 0 Å². The van der Waals surface area contributed by atoms with Gasteiger partial charge < -0.3 is 0 Å². The summed E-state index contributed by atoms with van der Waals surface area (Å²) in [4.78, 5) is 0. The van der Waals surface area contributed by atoms with Crippen LogP contribution < -0.4 is 0 Å². The van der Waals surface area contributed by atoms with E-state index in [4.69, 9.17) is 2.85 Å². The Kier molecular flexibility index (Phi) is 22.8. The van der Waals surface area contributed by atoms with Crippen LogP contribution in [0.2, 0.25) is 0 Å². The smallest absolute Gasteiger partial charge is 0.147 e. The van der Waals surface area contributed by atoms with Gasteiger partial charge in [-0.15, -0.1) is 24.8 Å². The molecule has 0 radical (unpaired) electrons. The Labute approximate surface area is 78.6 Å². The molecule has 0 saturated carbocycles. The Morgan fingerprint density at radius 2 is 1.75 bits per heavy atom. The Bertz CT molecular complexity index is 35.2. The van der Waals surface area contributed by atoms with Crippen LogP contribution in [0.5, 0.6) is 0 Å². The van der Waals surface area contributed by atoms with E-state index in [0.29, 0.717) is 5.92 Å². The summed E-state index contributed by atoms with van der Waals surface area (Å²) in [6.07, 6.45) is 0. The molecular formula is C4H11Cl2HfO. The topological polar surface area (TPSA) is 9.23 Å². The van der Waals surface area contributed by atoms with Crippen molar-refractivity contribution < 1.29 is 27.7 Å². The molecule has 8 heavy (non-hydrogen) atoms. The van der Waals surface area contributed by atoms with Crippen molar-refractivity contribution in [3.8, 4) is 0 Å². The van der Waals surface area contributed by atoms with E-state index >= 15 is 0 Å². The number of hydrogen-bond acceptors (Lipinski definition) is 1. The quantitative estimate of drug-likeness (QED) is 0.706. The maximum atomic E-state index is 4.94. The van der Waals surface area contributed by atoms with Gasteiger partial charge in [-0.05, 0) is 0 Å². The van der Waals surface area contributed by atoms with Crippen LogP contribution in [0.4, 0.5) is 0 Å². The number of rotatable bonds is 2. The Hall–Kier alpha value is 1.41. The molecule has 0 atom stereocenters. The molecule has 0 unspecified atom stereocenters. The summed E-state index contributed by atoms with van der Waals surface area (Å²) in [6, 6.07) is 0. The second-order valence-corrected chi connectivity index (χ2v) is 2.74. The largest absolute Gasteiger partial charge is 0.147 e. The molecule has 0 aliphatic heterocycles. The molecule has 1 nitrogen and oxygen atoms in total.